The molecule has 0 unspecified atom stereocenters. The van der Waals surface area contributed by atoms with Gasteiger partial charge in [-0.15, -0.1) is 0 Å². The van der Waals surface area contributed by atoms with Gasteiger partial charge in [0.15, 0.2) is 0 Å². The number of hydrogen-bond donors (Lipinski definition) is 2. The number of fused-ring (bicyclic) bond motifs is 1. The van der Waals surface area contributed by atoms with Crippen molar-refractivity contribution in [3.63, 3.8) is 0 Å². The fourth-order valence-electron chi connectivity index (χ4n) is 4.68. The molecule has 0 saturated carbocycles. The zero-order valence-electron chi connectivity index (χ0n) is 20.4. The molecule has 1 fully saturated rings. The lowest BCUT2D eigenvalue weighted by Crippen LogP contribution is -2.41. The molecule has 37 heavy (non-hydrogen) atoms. The van der Waals surface area contributed by atoms with Crippen LogP contribution < -0.4 is 10.1 Å². The number of nitrogens with zero attached hydrogens (tertiary/aromatic N) is 1. The molecule has 4 aromatic rings. The van der Waals surface area contributed by atoms with Crippen molar-refractivity contribution in [2.75, 3.05) is 39.4 Å². The van der Waals surface area contributed by atoms with Crippen LogP contribution in [0.15, 0.2) is 72.9 Å². The van der Waals surface area contributed by atoms with Crippen LogP contribution in [0, 0.1) is 0 Å². The van der Waals surface area contributed by atoms with Gasteiger partial charge in [-0.3, -0.25) is 9.69 Å². The summed E-state index contributed by atoms with van der Waals surface area (Å²) in [5.41, 5.74) is 2.98. The summed E-state index contributed by atoms with van der Waals surface area (Å²) in [6.45, 7) is 4.70. The SMILES string of the molecule is O=C(C[C@H](c1cccc(Oc2ccc(Cl)cc2)c1)c1c[nH]c2ccc(Cl)cc12)NCCN1CCOCC1. The van der Waals surface area contributed by atoms with Crippen molar-refractivity contribution < 1.29 is 14.3 Å². The molecule has 2 heterocycles. The van der Waals surface area contributed by atoms with Crippen molar-refractivity contribution in [2.45, 2.75) is 12.3 Å². The molecule has 8 heteroatoms. The lowest BCUT2D eigenvalue weighted by atomic mass is 9.88. The van der Waals surface area contributed by atoms with Gasteiger partial charge in [0.25, 0.3) is 0 Å². The molecule has 1 aliphatic heterocycles. The van der Waals surface area contributed by atoms with E-state index in [1.54, 1.807) is 12.1 Å². The highest BCUT2D eigenvalue weighted by molar-refractivity contribution is 6.31. The van der Waals surface area contributed by atoms with E-state index in [4.69, 9.17) is 32.7 Å². The number of hydrogen-bond acceptors (Lipinski definition) is 4. The Hall–Kier alpha value is -3.03. The van der Waals surface area contributed by atoms with Gasteiger partial charge < -0.3 is 19.8 Å². The normalized spacial score (nSPS) is 15.0. The molecule has 3 aromatic carbocycles. The monoisotopic (exact) mass is 537 g/mol. The third-order valence-electron chi connectivity index (χ3n) is 6.60. The van der Waals surface area contributed by atoms with Crippen molar-refractivity contribution in [1.29, 1.82) is 0 Å². The van der Waals surface area contributed by atoms with Crippen LogP contribution >= 0.6 is 23.2 Å². The van der Waals surface area contributed by atoms with E-state index < -0.39 is 0 Å². The zero-order valence-corrected chi connectivity index (χ0v) is 21.9. The molecule has 0 radical (unpaired) electrons. The summed E-state index contributed by atoms with van der Waals surface area (Å²) in [7, 11) is 0. The molecule has 1 aromatic heterocycles. The van der Waals surface area contributed by atoms with Gasteiger partial charge >= 0.3 is 0 Å². The molecular formula is C29H29Cl2N3O3. The number of benzene rings is 3. The number of amides is 1. The number of carbonyl (C=O) groups excluding carboxylic acids is 1. The van der Waals surface area contributed by atoms with Crippen LogP contribution in [0.3, 0.4) is 0 Å². The fourth-order valence-corrected chi connectivity index (χ4v) is 4.98. The summed E-state index contributed by atoms with van der Waals surface area (Å²) in [4.78, 5) is 18.8. The van der Waals surface area contributed by atoms with Gasteiger partial charge in [0.2, 0.25) is 5.91 Å². The quantitative estimate of drug-likeness (QED) is 0.265. The Morgan fingerprint density at radius 2 is 1.78 bits per heavy atom. The number of aromatic nitrogens is 1. The fraction of sp³-hybridized carbons (Fsp3) is 0.276. The van der Waals surface area contributed by atoms with Crippen LogP contribution in [0.4, 0.5) is 0 Å². The predicted octanol–water partition coefficient (Wildman–Crippen LogP) is 6.24. The number of H-pyrrole nitrogens is 1. The van der Waals surface area contributed by atoms with Gasteiger partial charge in [-0.1, -0.05) is 35.3 Å². The maximum absolute atomic E-state index is 13.1. The van der Waals surface area contributed by atoms with E-state index in [0.29, 0.717) is 34.5 Å². The summed E-state index contributed by atoms with van der Waals surface area (Å²) in [6, 6.07) is 20.9. The lowest BCUT2D eigenvalue weighted by Gasteiger charge is -2.26. The molecule has 2 N–H and O–H groups in total. The smallest absolute Gasteiger partial charge is 0.220 e. The third kappa shape index (κ3) is 6.65. The molecule has 0 bridgehead atoms. The molecule has 5 rings (SSSR count). The van der Waals surface area contributed by atoms with Gasteiger partial charge in [-0.05, 0) is 65.7 Å². The van der Waals surface area contributed by atoms with Crippen LogP contribution in [0.25, 0.3) is 10.9 Å². The number of morpholine rings is 1. The third-order valence-corrected chi connectivity index (χ3v) is 7.09. The number of carbonyl (C=O) groups is 1. The first-order chi connectivity index (χ1) is 18.0. The topological polar surface area (TPSA) is 66.6 Å². The Bertz CT molecular complexity index is 1350. The second-order valence-corrected chi connectivity index (χ2v) is 10.00. The Morgan fingerprint density at radius 3 is 2.59 bits per heavy atom. The van der Waals surface area contributed by atoms with Crippen LogP contribution in [0.5, 0.6) is 11.5 Å². The number of nitrogens with one attached hydrogen (secondary N) is 2. The van der Waals surface area contributed by atoms with E-state index in [2.05, 4.69) is 15.2 Å². The van der Waals surface area contributed by atoms with Crippen molar-refractivity contribution in [3.8, 4) is 11.5 Å². The Labute approximate surface area is 226 Å². The standard InChI is InChI=1S/C29H29Cl2N3O3/c30-21-4-7-23(8-5-21)37-24-3-1-2-20(16-24)25(27-19-33-28-9-6-22(31)17-26(27)28)18-29(35)32-10-11-34-12-14-36-15-13-34/h1-9,16-17,19,25,33H,10-15,18H2,(H,32,35)/t25-/m1/s1. The van der Waals surface area contributed by atoms with E-state index in [1.807, 2.05) is 60.8 Å². The first-order valence-electron chi connectivity index (χ1n) is 12.4. The average Bonchev–Trinajstić information content (AvgIpc) is 3.32. The second kappa shape index (κ2) is 12.0. The number of rotatable bonds is 9. The summed E-state index contributed by atoms with van der Waals surface area (Å²) in [5.74, 6) is 1.19. The lowest BCUT2D eigenvalue weighted by molar-refractivity contribution is -0.121. The van der Waals surface area contributed by atoms with Crippen molar-refractivity contribution in [1.82, 2.24) is 15.2 Å². The summed E-state index contributed by atoms with van der Waals surface area (Å²) >= 11 is 12.3. The van der Waals surface area contributed by atoms with E-state index in [1.165, 1.54) is 0 Å². The minimum atomic E-state index is -0.190. The molecule has 6 nitrogen and oxygen atoms in total. The molecule has 1 amide bonds. The highest BCUT2D eigenvalue weighted by Crippen LogP contribution is 2.36. The molecule has 1 aliphatic rings. The van der Waals surface area contributed by atoms with Gasteiger partial charge in [-0.25, -0.2) is 0 Å². The van der Waals surface area contributed by atoms with Gasteiger partial charge in [0, 0.05) is 65.7 Å². The first kappa shape index (κ1) is 25.6. The van der Waals surface area contributed by atoms with Gasteiger partial charge in [0.1, 0.15) is 11.5 Å². The van der Waals surface area contributed by atoms with Crippen molar-refractivity contribution >= 4 is 40.0 Å². The van der Waals surface area contributed by atoms with E-state index >= 15 is 0 Å². The highest BCUT2D eigenvalue weighted by Gasteiger charge is 2.22. The minimum absolute atomic E-state index is 0.00124. The van der Waals surface area contributed by atoms with Crippen LogP contribution in [0.2, 0.25) is 10.0 Å². The minimum Gasteiger partial charge on any atom is -0.457 e. The zero-order chi connectivity index (χ0) is 25.6. The van der Waals surface area contributed by atoms with Crippen LogP contribution in [-0.4, -0.2) is 55.2 Å². The first-order valence-corrected chi connectivity index (χ1v) is 13.2. The van der Waals surface area contributed by atoms with Crippen molar-refractivity contribution in [3.05, 3.63) is 94.1 Å². The Kier molecular flexibility index (Phi) is 8.31. The average molecular weight is 538 g/mol. The van der Waals surface area contributed by atoms with Crippen LogP contribution in [0.1, 0.15) is 23.5 Å². The summed E-state index contributed by atoms with van der Waals surface area (Å²) in [6.07, 6.45) is 2.27. The molecule has 0 aliphatic carbocycles. The molecule has 0 spiro atoms. The van der Waals surface area contributed by atoms with E-state index in [-0.39, 0.29) is 11.8 Å². The van der Waals surface area contributed by atoms with Gasteiger partial charge in [-0.2, -0.15) is 0 Å². The maximum Gasteiger partial charge on any atom is 0.220 e. The molecule has 1 atom stereocenters. The Balaban J connectivity index is 1.38. The number of ether oxygens (including phenoxy) is 2. The number of halogens is 2. The maximum atomic E-state index is 13.1. The second-order valence-electron chi connectivity index (χ2n) is 9.12. The molecular weight excluding hydrogens is 509 g/mol. The summed E-state index contributed by atoms with van der Waals surface area (Å²) in [5, 5.41) is 5.42. The highest BCUT2D eigenvalue weighted by atomic mass is 35.5. The molecule has 1 saturated heterocycles. The van der Waals surface area contributed by atoms with E-state index in [0.717, 1.165) is 54.9 Å². The van der Waals surface area contributed by atoms with E-state index in [9.17, 15) is 4.79 Å². The van der Waals surface area contributed by atoms with Crippen LogP contribution in [-0.2, 0) is 9.53 Å². The van der Waals surface area contributed by atoms with Gasteiger partial charge in [0.05, 0.1) is 13.2 Å². The number of aromatic amines is 1. The largest absolute Gasteiger partial charge is 0.457 e. The predicted molar refractivity (Wildman–Crippen MR) is 148 cm³/mol. The Morgan fingerprint density at radius 1 is 1.00 bits per heavy atom. The molecule has 192 valence electrons. The van der Waals surface area contributed by atoms with Crippen molar-refractivity contribution in [2.24, 2.45) is 0 Å². The summed E-state index contributed by atoms with van der Waals surface area (Å²) < 4.78 is 11.5.